The summed E-state index contributed by atoms with van der Waals surface area (Å²) in [5.41, 5.74) is 0.809. The second-order valence-electron chi connectivity index (χ2n) is 8.18. The van der Waals surface area contributed by atoms with Gasteiger partial charge in [0.1, 0.15) is 12.6 Å². The van der Waals surface area contributed by atoms with Gasteiger partial charge in [0.2, 0.25) is 17.7 Å². The Bertz CT molecular complexity index is 936. The number of amides is 4. The smallest absolute Gasteiger partial charge is 0.408 e. The van der Waals surface area contributed by atoms with Crippen LogP contribution >= 0.6 is 0 Å². The van der Waals surface area contributed by atoms with Crippen LogP contribution in [-0.4, -0.2) is 61.6 Å². The molecule has 0 radical (unpaired) electrons. The van der Waals surface area contributed by atoms with Crippen LogP contribution in [0.25, 0.3) is 0 Å². The van der Waals surface area contributed by atoms with E-state index in [0.29, 0.717) is 19.4 Å². The molecule has 3 unspecified atom stereocenters. The van der Waals surface area contributed by atoms with Crippen molar-refractivity contribution in [3.63, 3.8) is 0 Å². The highest BCUT2D eigenvalue weighted by Crippen LogP contribution is 2.16. The number of ether oxygens (including phenoxy) is 2. The Morgan fingerprint density at radius 2 is 1.86 bits per heavy atom. The Morgan fingerprint density at radius 1 is 1.11 bits per heavy atom. The fourth-order valence-electron chi connectivity index (χ4n) is 3.56. The van der Waals surface area contributed by atoms with Gasteiger partial charge in [-0.2, -0.15) is 0 Å². The van der Waals surface area contributed by atoms with E-state index in [-0.39, 0.29) is 38.0 Å². The Hall–Kier alpha value is -3.89. The second-order valence-corrected chi connectivity index (χ2v) is 8.18. The van der Waals surface area contributed by atoms with Crippen LogP contribution in [0.4, 0.5) is 4.79 Å². The summed E-state index contributed by atoms with van der Waals surface area (Å²) < 4.78 is 10.00. The Labute approximate surface area is 210 Å². The SMILES string of the molecule is CCOC(=O)/C=C/C(CC1CCNC1=O)NC(=O)CNC(=O)C(CC)NC(=O)OCc1ccccc1. The summed E-state index contributed by atoms with van der Waals surface area (Å²) in [7, 11) is 0. The van der Waals surface area contributed by atoms with E-state index >= 15 is 0 Å². The van der Waals surface area contributed by atoms with Gasteiger partial charge < -0.3 is 30.7 Å². The van der Waals surface area contributed by atoms with Crippen LogP contribution in [-0.2, 0) is 35.3 Å². The minimum absolute atomic E-state index is 0.0624. The molecular formula is C25H34N4O7. The minimum Gasteiger partial charge on any atom is -0.463 e. The van der Waals surface area contributed by atoms with Crippen molar-refractivity contribution >= 4 is 29.8 Å². The summed E-state index contributed by atoms with van der Waals surface area (Å²) in [4.78, 5) is 60.7. The van der Waals surface area contributed by atoms with Crippen LogP contribution < -0.4 is 21.3 Å². The van der Waals surface area contributed by atoms with Crippen molar-refractivity contribution in [2.75, 3.05) is 19.7 Å². The number of esters is 1. The van der Waals surface area contributed by atoms with Crippen molar-refractivity contribution in [3.05, 3.63) is 48.0 Å². The van der Waals surface area contributed by atoms with E-state index < -0.39 is 36.0 Å². The molecule has 0 aliphatic carbocycles. The topological polar surface area (TPSA) is 152 Å². The van der Waals surface area contributed by atoms with Crippen LogP contribution in [0.15, 0.2) is 42.5 Å². The summed E-state index contributed by atoms with van der Waals surface area (Å²) in [5, 5.41) is 10.4. The summed E-state index contributed by atoms with van der Waals surface area (Å²) >= 11 is 0. The molecule has 1 heterocycles. The summed E-state index contributed by atoms with van der Waals surface area (Å²) in [6.07, 6.45) is 3.15. The molecule has 11 nitrogen and oxygen atoms in total. The lowest BCUT2D eigenvalue weighted by molar-refractivity contribution is -0.137. The first-order valence-electron chi connectivity index (χ1n) is 12.0. The van der Waals surface area contributed by atoms with Crippen molar-refractivity contribution in [1.29, 1.82) is 0 Å². The van der Waals surface area contributed by atoms with Gasteiger partial charge in [-0.15, -0.1) is 0 Å². The molecule has 36 heavy (non-hydrogen) atoms. The zero-order valence-electron chi connectivity index (χ0n) is 20.6. The minimum atomic E-state index is -0.886. The van der Waals surface area contributed by atoms with Crippen LogP contribution in [0.3, 0.4) is 0 Å². The summed E-state index contributed by atoms with van der Waals surface area (Å²) in [6.45, 7) is 3.87. The number of hydrogen-bond acceptors (Lipinski definition) is 7. The van der Waals surface area contributed by atoms with Gasteiger partial charge >= 0.3 is 12.1 Å². The highest BCUT2D eigenvalue weighted by Gasteiger charge is 2.27. The summed E-state index contributed by atoms with van der Waals surface area (Å²) in [6, 6.07) is 7.62. The van der Waals surface area contributed by atoms with Crippen molar-refractivity contribution < 1.29 is 33.4 Å². The van der Waals surface area contributed by atoms with E-state index in [1.807, 2.05) is 30.3 Å². The van der Waals surface area contributed by atoms with Gasteiger partial charge in [-0.1, -0.05) is 43.3 Å². The number of nitrogens with one attached hydrogen (secondary N) is 4. The zero-order valence-corrected chi connectivity index (χ0v) is 20.6. The van der Waals surface area contributed by atoms with Gasteiger partial charge in [-0.3, -0.25) is 14.4 Å². The highest BCUT2D eigenvalue weighted by atomic mass is 16.5. The molecule has 0 saturated carbocycles. The van der Waals surface area contributed by atoms with Gasteiger partial charge in [0.05, 0.1) is 13.2 Å². The standard InChI is InChI=1S/C25H34N4O7/c1-3-20(29-25(34)36-16-17-8-6-5-7-9-17)24(33)27-15-21(30)28-19(10-11-22(31)35-4-2)14-18-12-13-26-23(18)32/h5-11,18-20H,3-4,12-16H2,1-2H3,(H,26,32)(H,27,33)(H,28,30)(H,29,34)/b11-10+. The van der Waals surface area contributed by atoms with E-state index in [2.05, 4.69) is 21.3 Å². The predicted molar refractivity (Wildman–Crippen MR) is 130 cm³/mol. The fourth-order valence-corrected chi connectivity index (χ4v) is 3.56. The van der Waals surface area contributed by atoms with Crippen molar-refractivity contribution in [1.82, 2.24) is 21.3 Å². The number of carbonyl (C=O) groups is 5. The van der Waals surface area contributed by atoms with E-state index in [1.54, 1.807) is 13.8 Å². The Kier molecular flexibility index (Phi) is 12.0. The average Bonchev–Trinajstić information content (AvgIpc) is 3.27. The number of rotatable bonds is 13. The monoisotopic (exact) mass is 502 g/mol. The van der Waals surface area contributed by atoms with Gasteiger partial charge in [-0.25, -0.2) is 9.59 Å². The van der Waals surface area contributed by atoms with Crippen LogP contribution in [0.5, 0.6) is 0 Å². The maximum Gasteiger partial charge on any atom is 0.408 e. The van der Waals surface area contributed by atoms with Gasteiger partial charge in [-0.05, 0) is 31.7 Å². The lowest BCUT2D eigenvalue weighted by Crippen LogP contribution is -2.49. The van der Waals surface area contributed by atoms with Gasteiger partial charge in [0.25, 0.3) is 0 Å². The molecule has 0 spiro atoms. The van der Waals surface area contributed by atoms with Crippen molar-refractivity contribution in [3.8, 4) is 0 Å². The molecular weight excluding hydrogens is 468 g/mol. The number of alkyl carbamates (subject to hydrolysis) is 1. The van der Waals surface area contributed by atoms with Crippen molar-refractivity contribution in [2.24, 2.45) is 5.92 Å². The Balaban J connectivity index is 1.84. The number of benzene rings is 1. The maximum atomic E-state index is 12.5. The first-order chi connectivity index (χ1) is 17.3. The third kappa shape index (κ3) is 10.2. The van der Waals surface area contributed by atoms with Gasteiger partial charge in [0.15, 0.2) is 0 Å². The molecule has 3 atom stereocenters. The third-order valence-corrected chi connectivity index (χ3v) is 5.45. The third-order valence-electron chi connectivity index (χ3n) is 5.45. The number of carbonyl (C=O) groups excluding carboxylic acids is 5. The second kappa shape index (κ2) is 15.2. The first kappa shape index (κ1) is 28.3. The molecule has 1 aliphatic rings. The lowest BCUT2D eigenvalue weighted by atomic mass is 9.98. The highest BCUT2D eigenvalue weighted by molar-refractivity contribution is 5.89. The molecule has 2 rings (SSSR count). The molecule has 1 saturated heterocycles. The molecule has 0 bridgehead atoms. The molecule has 1 fully saturated rings. The van der Waals surface area contributed by atoms with Crippen LogP contribution in [0.2, 0.25) is 0 Å². The molecule has 196 valence electrons. The van der Waals surface area contributed by atoms with E-state index in [9.17, 15) is 24.0 Å². The molecule has 0 aromatic heterocycles. The van der Waals surface area contributed by atoms with Crippen LogP contribution in [0, 0.1) is 5.92 Å². The van der Waals surface area contributed by atoms with E-state index in [0.717, 1.165) is 5.56 Å². The molecule has 11 heteroatoms. The van der Waals surface area contributed by atoms with Crippen molar-refractivity contribution in [2.45, 2.75) is 51.8 Å². The average molecular weight is 503 g/mol. The van der Waals surface area contributed by atoms with E-state index in [1.165, 1.54) is 12.2 Å². The normalized spacial score (nSPS) is 16.5. The maximum absolute atomic E-state index is 12.5. The van der Waals surface area contributed by atoms with Crippen LogP contribution in [0.1, 0.15) is 38.7 Å². The summed E-state index contributed by atoms with van der Waals surface area (Å²) in [5.74, 6) is -2.02. The molecule has 1 aromatic carbocycles. The molecule has 4 amide bonds. The predicted octanol–water partition coefficient (Wildman–Crippen LogP) is 0.938. The largest absolute Gasteiger partial charge is 0.463 e. The first-order valence-corrected chi connectivity index (χ1v) is 12.0. The van der Waals surface area contributed by atoms with Gasteiger partial charge in [0, 0.05) is 24.6 Å². The Morgan fingerprint density at radius 3 is 2.50 bits per heavy atom. The molecule has 4 N–H and O–H groups in total. The molecule has 1 aromatic rings. The number of hydrogen-bond donors (Lipinski definition) is 4. The zero-order chi connectivity index (χ0) is 26.3. The molecule has 1 aliphatic heterocycles. The quantitative estimate of drug-likeness (QED) is 0.231. The lowest BCUT2D eigenvalue weighted by Gasteiger charge is -2.19. The fraction of sp³-hybridized carbons (Fsp3) is 0.480. The van der Waals surface area contributed by atoms with E-state index in [4.69, 9.17) is 9.47 Å².